The number of nitrogens with zero attached hydrogens (tertiary/aromatic N) is 2. The molecule has 3 aromatic carbocycles. The number of benzene rings is 3. The lowest BCUT2D eigenvalue weighted by Crippen LogP contribution is -2.60. The van der Waals surface area contributed by atoms with Gasteiger partial charge in [0, 0.05) is 25.3 Å². The molecule has 0 spiro atoms. The first-order chi connectivity index (χ1) is 16.7. The molecular formula is C24H25N3O6S2. The Morgan fingerprint density at radius 1 is 0.800 bits per heavy atom. The first-order valence-corrected chi connectivity index (χ1v) is 13.7. The molecule has 11 heteroatoms. The van der Waals surface area contributed by atoms with Crippen LogP contribution < -0.4 is 10.1 Å². The molecule has 1 aliphatic rings. The number of amides is 1. The molecule has 0 radical (unpaired) electrons. The average Bonchev–Trinajstić information content (AvgIpc) is 2.89. The van der Waals surface area contributed by atoms with E-state index in [0.29, 0.717) is 11.4 Å². The summed E-state index contributed by atoms with van der Waals surface area (Å²) in [5.41, 5.74) is 0.427. The van der Waals surface area contributed by atoms with Gasteiger partial charge in [-0.25, -0.2) is 16.8 Å². The highest BCUT2D eigenvalue weighted by Crippen LogP contribution is 2.26. The summed E-state index contributed by atoms with van der Waals surface area (Å²) >= 11 is 0. The van der Waals surface area contributed by atoms with Gasteiger partial charge >= 0.3 is 0 Å². The minimum Gasteiger partial charge on any atom is -0.497 e. The fourth-order valence-corrected chi connectivity index (χ4v) is 6.88. The van der Waals surface area contributed by atoms with E-state index in [1.165, 1.54) is 31.4 Å². The number of ether oxygens (including phenoxy) is 1. The van der Waals surface area contributed by atoms with Gasteiger partial charge in [0.2, 0.25) is 26.0 Å². The van der Waals surface area contributed by atoms with Crippen LogP contribution in [0.25, 0.3) is 0 Å². The van der Waals surface area contributed by atoms with Crippen LogP contribution in [0.4, 0.5) is 5.69 Å². The third kappa shape index (κ3) is 5.22. The number of nitrogens with one attached hydrogen (secondary N) is 1. The van der Waals surface area contributed by atoms with Crippen LogP contribution in [0.2, 0.25) is 0 Å². The minimum absolute atomic E-state index is 0.0293. The van der Waals surface area contributed by atoms with E-state index in [1.54, 1.807) is 60.7 Å². The zero-order valence-corrected chi connectivity index (χ0v) is 20.6. The fraction of sp³-hybridized carbons (Fsp3) is 0.208. The Morgan fingerprint density at radius 3 is 1.89 bits per heavy atom. The van der Waals surface area contributed by atoms with Crippen molar-refractivity contribution in [1.82, 2.24) is 8.61 Å². The molecule has 1 heterocycles. The maximum absolute atomic E-state index is 13.4. The van der Waals surface area contributed by atoms with Crippen LogP contribution >= 0.6 is 0 Å². The summed E-state index contributed by atoms with van der Waals surface area (Å²) in [6, 6.07) is 20.9. The van der Waals surface area contributed by atoms with Gasteiger partial charge in [0.15, 0.2) is 0 Å². The average molecular weight is 516 g/mol. The molecule has 0 bridgehead atoms. The van der Waals surface area contributed by atoms with Gasteiger partial charge in [-0.05, 0) is 48.5 Å². The smallest absolute Gasteiger partial charge is 0.244 e. The van der Waals surface area contributed by atoms with E-state index in [4.69, 9.17) is 4.74 Å². The summed E-state index contributed by atoms with van der Waals surface area (Å²) in [4.78, 5) is 13.5. The van der Waals surface area contributed by atoms with Gasteiger partial charge in [-0.3, -0.25) is 4.79 Å². The summed E-state index contributed by atoms with van der Waals surface area (Å²) in [5.74, 6) is -0.0447. The van der Waals surface area contributed by atoms with Crippen LogP contribution in [-0.2, 0) is 24.8 Å². The van der Waals surface area contributed by atoms with E-state index < -0.39 is 32.0 Å². The molecule has 0 aliphatic carbocycles. The number of hydrogen-bond acceptors (Lipinski definition) is 6. The molecule has 1 N–H and O–H groups in total. The summed E-state index contributed by atoms with van der Waals surface area (Å²) < 4.78 is 60.6. The Hall–Kier alpha value is -3.25. The van der Waals surface area contributed by atoms with Crippen LogP contribution in [0.1, 0.15) is 0 Å². The van der Waals surface area contributed by atoms with Crippen molar-refractivity contribution in [3.8, 4) is 5.75 Å². The number of carbonyl (C=O) groups excluding carboxylic acids is 1. The predicted octanol–water partition coefficient (Wildman–Crippen LogP) is 2.40. The maximum Gasteiger partial charge on any atom is 0.244 e. The van der Waals surface area contributed by atoms with Gasteiger partial charge in [0.1, 0.15) is 11.8 Å². The Bertz CT molecular complexity index is 1380. The van der Waals surface area contributed by atoms with Crippen molar-refractivity contribution in [2.24, 2.45) is 0 Å². The first kappa shape index (κ1) is 24.9. The zero-order chi connectivity index (χ0) is 25.1. The van der Waals surface area contributed by atoms with E-state index >= 15 is 0 Å². The summed E-state index contributed by atoms with van der Waals surface area (Å²) in [6.45, 7) is -0.592. The highest BCUT2D eigenvalue weighted by Gasteiger charge is 2.43. The van der Waals surface area contributed by atoms with E-state index in [-0.39, 0.29) is 29.4 Å². The van der Waals surface area contributed by atoms with Gasteiger partial charge in [0.05, 0.1) is 16.9 Å². The first-order valence-electron chi connectivity index (χ1n) is 10.8. The Balaban J connectivity index is 1.67. The van der Waals surface area contributed by atoms with Crippen molar-refractivity contribution in [1.29, 1.82) is 0 Å². The molecule has 35 heavy (non-hydrogen) atoms. The number of sulfonamides is 2. The monoisotopic (exact) mass is 515 g/mol. The van der Waals surface area contributed by atoms with Crippen molar-refractivity contribution in [2.45, 2.75) is 15.8 Å². The van der Waals surface area contributed by atoms with Crippen molar-refractivity contribution >= 4 is 31.6 Å². The van der Waals surface area contributed by atoms with Gasteiger partial charge < -0.3 is 10.1 Å². The molecule has 184 valence electrons. The van der Waals surface area contributed by atoms with Crippen LogP contribution in [0.15, 0.2) is 94.7 Å². The molecule has 0 unspecified atom stereocenters. The third-order valence-electron chi connectivity index (χ3n) is 5.68. The highest BCUT2D eigenvalue weighted by atomic mass is 32.2. The number of rotatable bonds is 7. The van der Waals surface area contributed by atoms with E-state index in [0.717, 1.165) is 8.61 Å². The largest absolute Gasteiger partial charge is 0.497 e. The molecule has 1 amide bonds. The topological polar surface area (TPSA) is 113 Å². The summed E-state index contributed by atoms with van der Waals surface area (Å²) in [6.07, 6.45) is 0. The Kier molecular flexibility index (Phi) is 7.22. The SMILES string of the molecule is COc1ccc(NC(=O)[C@@H]2CN(S(=O)(=O)c3ccccc3)CCN2S(=O)(=O)c2ccccc2)cc1. The van der Waals surface area contributed by atoms with E-state index in [2.05, 4.69) is 5.32 Å². The van der Waals surface area contributed by atoms with Gasteiger partial charge in [-0.1, -0.05) is 36.4 Å². The molecule has 4 rings (SSSR count). The second-order valence-corrected chi connectivity index (χ2v) is 11.7. The molecule has 3 aromatic rings. The normalized spacial score (nSPS) is 17.6. The van der Waals surface area contributed by atoms with Crippen LogP contribution in [0, 0.1) is 0 Å². The predicted molar refractivity (Wildman–Crippen MR) is 131 cm³/mol. The highest BCUT2D eigenvalue weighted by molar-refractivity contribution is 7.89. The molecule has 1 fully saturated rings. The number of hydrogen-bond donors (Lipinski definition) is 1. The second-order valence-electron chi connectivity index (χ2n) is 7.84. The van der Waals surface area contributed by atoms with Gasteiger partial charge in [-0.15, -0.1) is 0 Å². The fourth-order valence-electron chi connectivity index (χ4n) is 3.83. The van der Waals surface area contributed by atoms with E-state index in [9.17, 15) is 21.6 Å². The zero-order valence-electron chi connectivity index (χ0n) is 18.9. The van der Waals surface area contributed by atoms with Crippen LogP contribution in [0.3, 0.4) is 0 Å². The molecular weight excluding hydrogens is 490 g/mol. The lowest BCUT2D eigenvalue weighted by molar-refractivity contribution is -0.120. The lowest BCUT2D eigenvalue weighted by Gasteiger charge is -2.38. The number of carbonyl (C=O) groups is 1. The number of anilines is 1. The quantitative estimate of drug-likeness (QED) is 0.517. The molecule has 9 nitrogen and oxygen atoms in total. The van der Waals surface area contributed by atoms with Crippen LogP contribution in [-0.4, -0.2) is 64.1 Å². The standard InChI is InChI=1S/C24H25N3O6S2/c1-33-20-14-12-19(13-15-20)25-24(28)23-18-26(34(29,30)21-8-4-2-5-9-21)16-17-27(23)35(31,32)22-10-6-3-7-11-22/h2-15,23H,16-18H2,1H3,(H,25,28)/t23-/m0/s1. The Labute approximate surface area is 205 Å². The summed E-state index contributed by atoms with van der Waals surface area (Å²) in [7, 11) is -6.47. The molecule has 1 saturated heterocycles. The van der Waals surface area contributed by atoms with Crippen molar-refractivity contribution in [2.75, 3.05) is 32.1 Å². The van der Waals surface area contributed by atoms with Gasteiger partial charge in [-0.2, -0.15) is 8.61 Å². The molecule has 0 saturated carbocycles. The van der Waals surface area contributed by atoms with Crippen molar-refractivity contribution in [3.63, 3.8) is 0 Å². The molecule has 0 aromatic heterocycles. The lowest BCUT2D eigenvalue weighted by atomic mass is 10.2. The second kappa shape index (κ2) is 10.2. The summed E-state index contributed by atoms with van der Waals surface area (Å²) in [5, 5.41) is 2.71. The van der Waals surface area contributed by atoms with Crippen molar-refractivity contribution in [3.05, 3.63) is 84.9 Å². The van der Waals surface area contributed by atoms with E-state index in [1.807, 2.05) is 0 Å². The van der Waals surface area contributed by atoms with Crippen molar-refractivity contribution < 1.29 is 26.4 Å². The van der Waals surface area contributed by atoms with Gasteiger partial charge in [0.25, 0.3) is 0 Å². The maximum atomic E-state index is 13.4. The molecule has 1 atom stereocenters. The third-order valence-corrected chi connectivity index (χ3v) is 9.49. The Morgan fingerprint density at radius 2 is 1.34 bits per heavy atom. The number of piperazine rings is 1. The number of methoxy groups -OCH3 is 1. The molecule has 1 aliphatic heterocycles. The minimum atomic E-state index is -4.06. The van der Waals surface area contributed by atoms with Crippen LogP contribution in [0.5, 0.6) is 5.75 Å².